The number of aromatic nitrogens is 2. The minimum absolute atomic E-state index is 0.0133. The van der Waals surface area contributed by atoms with Crippen LogP contribution in [0.3, 0.4) is 0 Å². The van der Waals surface area contributed by atoms with E-state index in [9.17, 15) is 9.90 Å². The fourth-order valence-electron chi connectivity index (χ4n) is 1.42. The van der Waals surface area contributed by atoms with Crippen LogP contribution in [0.1, 0.15) is 5.69 Å². The van der Waals surface area contributed by atoms with Crippen molar-refractivity contribution in [2.75, 3.05) is 0 Å². The van der Waals surface area contributed by atoms with Crippen LogP contribution in [0.15, 0.2) is 29.1 Å². The summed E-state index contributed by atoms with van der Waals surface area (Å²) < 4.78 is 0.990. The van der Waals surface area contributed by atoms with Crippen LogP contribution in [0.2, 0.25) is 10.0 Å². The fourth-order valence-corrected chi connectivity index (χ4v) is 1.91. The Labute approximate surface area is 112 Å². The maximum atomic E-state index is 11.7. The highest BCUT2D eigenvalue weighted by Crippen LogP contribution is 2.23. The molecule has 2 N–H and O–H groups in total. The van der Waals surface area contributed by atoms with Gasteiger partial charge in [0.05, 0.1) is 17.3 Å². The molecule has 0 saturated carbocycles. The van der Waals surface area contributed by atoms with Gasteiger partial charge in [0, 0.05) is 11.1 Å². The van der Waals surface area contributed by atoms with Crippen LogP contribution in [0, 0.1) is 0 Å². The summed E-state index contributed by atoms with van der Waals surface area (Å²) in [5.74, 6) is -0.358. The van der Waals surface area contributed by atoms with E-state index in [1.54, 1.807) is 6.07 Å². The van der Waals surface area contributed by atoms with Gasteiger partial charge >= 0.3 is 0 Å². The number of halogens is 2. The van der Waals surface area contributed by atoms with Crippen molar-refractivity contribution >= 4 is 23.2 Å². The first kappa shape index (κ1) is 12.9. The van der Waals surface area contributed by atoms with Gasteiger partial charge in [0.2, 0.25) is 0 Å². The second kappa shape index (κ2) is 4.97. The first-order chi connectivity index (χ1) is 8.52. The number of aromatic hydroxyl groups is 1. The van der Waals surface area contributed by atoms with Gasteiger partial charge < -0.3 is 10.2 Å². The first-order valence-corrected chi connectivity index (χ1v) is 5.67. The summed E-state index contributed by atoms with van der Waals surface area (Å²) in [6, 6.07) is 5.52. The Bertz CT molecular complexity index is 655. The largest absolute Gasteiger partial charge is 0.506 e. The summed E-state index contributed by atoms with van der Waals surface area (Å²) in [5.41, 5.74) is -0.254. The third kappa shape index (κ3) is 2.33. The third-order valence-corrected chi connectivity index (χ3v) is 2.81. The Morgan fingerprint density at radius 2 is 2.00 bits per heavy atom. The predicted molar refractivity (Wildman–Crippen MR) is 67.4 cm³/mol. The van der Waals surface area contributed by atoms with Crippen LogP contribution >= 0.6 is 23.2 Å². The van der Waals surface area contributed by atoms with Gasteiger partial charge in [-0.25, -0.2) is 0 Å². The van der Waals surface area contributed by atoms with Gasteiger partial charge in [0.25, 0.3) is 5.56 Å². The third-order valence-electron chi connectivity index (χ3n) is 2.27. The van der Waals surface area contributed by atoms with E-state index >= 15 is 0 Å². The SMILES string of the molecule is O=c1cc(O)c(CO)nn1-c1ccc(Cl)cc1Cl. The van der Waals surface area contributed by atoms with Gasteiger partial charge in [0.1, 0.15) is 11.4 Å². The lowest BCUT2D eigenvalue weighted by atomic mass is 10.3. The number of nitrogens with zero attached hydrogens (tertiary/aromatic N) is 2. The standard InChI is InChI=1S/C11H8Cl2N2O3/c12-6-1-2-9(7(13)3-6)15-11(18)4-10(17)8(5-16)14-15/h1-4,16-17H,5H2. The van der Waals surface area contributed by atoms with Crippen LogP contribution in [0.5, 0.6) is 5.75 Å². The van der Waals surface area contributed by atoms with Crippen molar-refractivity contribution < 1.29 is 10.2 Å². The molecule has 2 aromatic rings. The number of hydrogen-bond acceptors (Lipinski definition) is 4. The lowest BCUT2D eigenvalue weighted by Gasteiger charge is -2.09. The van der Waals surface area contributed by atoms with Crippen molar-refractivity contribution in [1.82, 2.24) is 9.78 Å². The van der Waals surface area contributed by atoms with Crippen LogP contribution in [0.4, 0.5) is 0 Å². The smallest absolute Gasteiger partial charge is 0.275 e. The Balaban J connectivity index is 2.67. The summed E-state index contributed by atoms with van der Waals surface area (Å²) in [5, 5.41) is 22.9. The zero-order valence-corrected chi connectivity index (χ0v) is 10.5. The van der Waals surface area contributed by atoms with Gasteiger partial charge in [-0.05, 0) is 18.2 Å². The molecule has 0 saturated heterocycles. The number of aliphatic hydroxyl groups is 1. The molecule has 0 spiro atoms. The highest BCUT2D eigenvalue weighted by Gasteiger charge is 2.11. The molecule has 1 aromatic carbocycles. The van der Waals surface area contributed by atoms with Gasteiger partial charge in [-0.1, -0.05) is 23.2 Å². The van der Waals surface area contributed by atoms with E-state index in [0.717, 1.165) is 10.7 Å². The van der Waals surface area contributed by atoms with Crippen molar-refractivity contribution in [3.05, 3.63) is 50.4 Å². The molecule has 0 aliphatic rings. The van der Waals surface area contributed by atoms with E-state index in [2.05, 4.69) is 5.10 Å². The Morgan fingerprint density at radius 3 is 2.61 bits per heavy atom. The monoisotopic (exact) mass is 286 g/mol. The van der Waals surface area contributed by atoms with E-state index in [1.165, 1.54) is 12.1 Å². The van der Waals surface area contributed by atoms with Gasteiger partial charge in [-0.15, -0.1) is 0 Å². The average Bonchev–Trinajstić information content (AvgIpc) is 2.30. The topological polar surface area (TPSA) is 75.3 Å². The number of aliphatic hydroxyl groups excluding tert-OH is 1. The van der Waals surface area contributed by atoms with Crippen LogP contribution < -0.4 is 5.56 Å². The van der Waals surface area contributed by atoms with E-state index in [-0.39, 0.29) is 16.5 Å². The minimum atomic E-state index is -0.561. The molecule has 0 aliphatic carbocycles. The molecule has 0 bridgehead atoms. The number of hydrogen-bond donors (Lipinski definition) is 2. The molecule has 7 heteroatoms. The van der Waals surface area contributed by atoms with Crippen molar-refractivity contribution in [2.24, 2.45) is 0 Å². The Hall–Kier alpha value is -1.56. The minimum Gasteiger partial charge on any atom is -0.506 e. The number of rotatable bonds is 2. The highest BCUT2D eigenvalue weighted by molar-refractivity contribution is 6.35. The van der Waals surface area contributed by atoms with E-state index in [0.29, 0.717) is 10.7 Å². The summed E-state index contributed by atoms with van der Waals surface area (Å²) in [6.45, 7) is -0.489. The maximum absolute atomic E-state index is 11.7. The average molecular weight is 287 g/mol. The molecule has 94 valence electrons. The highest BCUT2D eigenvalue weighted by atomic mass is 35.5. The van der Waals surface area contributed by atoms with Crippen molar-refractivity contribution in [3.8, 4) is 11.4 Å². The zero-order chi connectivity index (χ0) is 13.3. The second-order valence-corrected chi connectivity index (χ2v) is 4.32. The molecule has 0 atom stereocenters. The Morgan fingerprint density at radius 1 is 1.28 bits per heavy atom. The van der Waals surface area contributed by atoms with Crippen LogP contribution in [0.25, 0.3) is 5.69 Å². The fraction of sp³-hybridized carbons (Fsp3) is 0.0909. The van der Waals surface area contributed by atoms with E-state index in [1.807, 2.05) is 0 Å². The lowest BCUT2D eigenvalue weighted by Crippen LogP contribution is -2.21. The lowest BCUT2D eigenvalue weighted by molar-refractivity contribution is 0.266. The van der Waals surface area contributed by atoms with Gasteiger partial charge in [-0.3, -0.25) is 4.79 Å². The summed E-state index contributed by atoms with van der Waals surface area (Å²) in [6.07, 6.45) is 0. The summed E-state index contributed by atoms with van der Waals surface area (Å²) in [4.78, 5) is 11.7. The summed E-state index contributed by atoms with van der Waals surface area (Å²) >= 11 is 11.7. The van der Waals surface area contributed by atoms with Crippen LogP contribution in [-0.2, 0) is 6.61 Å². The molecule has 18 heavy (non-hydrogen) atoms. The van der Waals surface area contributed by atoms with E-state index in [4.69, 9.17) is 28.3 Å². The molecule has 0 amide bonds. The normalized spacial score (nSPS) is 10.6. The molecule has 0 aliphatic heterocycles. The molecule has 1 heterocycles. The van der Waals surface area contributed by atoms with Crippen molar-refractivity contribution in [2.45, 2.75) is 6.61 Å². The molecule has 5 nitrogen and oxygen atoms in total. The van der Waals surface area contributed by atoms with Crippen LogP contribution in [-0.4, -0.2) is 20.0 Å². The van der Waals surface area contributed by atoms with Gasteiger partial charge in [-0.2, -0.15) is 9.78 Å². The number of benzene rings is 1. The molecular weight excluding hydrogens is 279 g/mol. The zero-order valence-electron chi connectivity index (χ0n) is 8.97. The van der Waals surface area contributed by atoms with Crippen molar-refractivity contribution in [1.29, 1.82) is 0 Å². The quantitative estimate of drug-likeness (QED) is 0.882. The maximum Gasteiger partial charge on any atom is 0.275 e. The molecular formula is C11H8Cl2N2O3. The van der Waals surface area contributed by atoms with E-state index < -0.39 is 12.2 Å². The van der Waals surface area contributed by atoms with Gasteiger partial charge in [0.15, 0.2) is 0 Å². The summed E-state index contributed by atoms with van der Waals surface area (Å²) in [7, 11) is 0. The molecule has 0 unspecified atom stereocenters. The van der Waals surface area contributed by atoms with Crippen molar-refractivity contribution in [3.63, 3.8) is 0 Å². The predicted octanol–water partition coefficient (Wildman–Crippen LogP) is 1.74. The Kier molecular flexibility index (Phi) is 3.56. The first-order valence-electron chi connectivity index (χ1n) is 4.91. The molecule has 1 aromatic heterocycles. The second-order valence-electron chi connectivity index (χ2n) is 3.48. The molecule has 0 radical (unpaired) electrons. The molecule has 2 rings (SSSR count). The molecule has 0 fully saturated rings.